The smallest absolute Gasteiger partial charge is 0.253 e. The van der Waals surface area contributed by atoms with Crippen LogP contribution >= 0.6 is 12.2 Å². The summed E-state index contributed by atoms with van der Waals surface area (Å²) in [6.07, 6.45) is 5.31. The molecule has 1 atom stereocenters. The quantitative estimate of drug-likeness (QED) is 0.760. The molecule has 5 heteroatoms. The van der Waals surface area contributed by atoms with E-state index in [0.717, 1.165) is 12.8 Å². The Morgan fingerprint density at radius 2 is 2.38 bits per heavy atom. The number of nitrogens with two attached hydrogens (primary N) is 1. The van der Waals surface area contributed by atoms with E-state index in [1.165, 1.54) is 6.20 Å². The molecule has 1 aromatic rings. The van der Waals surface area contributed by atoms with Crippen LogP contribution in [0.2, 0.25) is 0 Å². The molecule has 0 spiro atoms. The van der Waals surface area contributed by atoms with Crippen LogP contribution in [0.3, 0.4) is 0 Å². The summed E-state index contributed by atoms with van der Waals surface area (Å²) in [6, 6.07) is 3.26. The number of thiocarbonyl (C=S) groups is 1. The average molecular weight is 235 g/mol. The highest BCUT2D eigenvalue weighted by atomic mass is 32.1. The van der Waals surface area contributed by atoms with Gasteiger partial charge in [0.2, 0.25) is 0 Å². The van der Waals surface area contributed by atoms with Gasteiger partial charge in [-0.2, -0.15) is 0 Å². The molecule has 1 saturated carbocycles. The van der Waals surface area contributed by atoms with Crippen molar-refractivity contribution in [3.8, 4) is 0 Å². The Balaban J connectivity index is 2.03. The Hall–Kier alpha value is -1.49. The van der Waals surface area contributed by atoms with E-state index in [9.17, 15) is 4.79 Å². The van der Waals surface area contributed by atoms with Crippen LogP contribution in [0.25, 0.3) is 0 Å². The predicted molar refractivity (Wildman–Crippen MR) is 65.0 cm³/mol. The van der Waals surface area contributed by atoms with E-state index < -0.39 is 0 Å². The summed E-state index contributed by atoms with van der Waals surface area (Å²) in [7, 11) is 0. The molecule has 2 rings (SSSR count). The number of aromatic nitrogens is 1. The number of amides is 1. The Bertz CT molecular complexity index is 403. The van der Waals surface area contributed by atoms with Crippen molar-refractivity contribution in [1.29, 1.82) is 0 Å². The maximum Gasteiger partial charge on any atom is 0.253 e. The van der Waals surface area contributed by atoms with Crippen LogP contribution < -0.4 is 11.1 Å². The lowest BCUT2D eigenvalue weighted by atomic mass is 10.1. The Kier molecular flexibility index (Phi) is 3.14. The highest BCUT2D eigenvalue weighted by Crippen LogP contribution is 2.32. The Morgan fingerprint density at radius 3 is 2.88 bits per heavy atom. The van der Waals surface area contributed by atoms with Gasteiger partial charge in [0.1, 0.15) is 0 Å². The second kappa shape index (κ2) is 4.57. The zero-order chi connectivity index (χ0) is 11.5. The topological polar surface area (TPSA) is 68.0 Å². The van der Waals surface area contributed by atoms with Gasteiger partial charge in [0.15, 0.2) is 0 Å². The largest absolute Gasteiger partial charge is 0.392 e. The normalized spacial score (nSPS) is 16.5. The zero-order valence-corrected chi connectivity index (χ0v) is 9.54. The van der Waals surface area contributed by atoms with Gasteiger partial charge in [-0.05, 0) is 30.9 Å². The fourth-order valence-corrected chi connectivity index (χ4v) is 1.82. The maximum atomic E-state index is 11.8. The van der Waals surface area contributed by atoms with Gasteiger partial charge in [-0.25, -0.2) is 0 Å². The van der Waals surface area contributed by atoms with E-state index >= 15 is 0 Å². The molecule has 1 aromatic heterocycles. The second-order valence-electron chi connectivity index (χ2n) is 3.93. The Labute approximate surface area is 99.2 Å². The first-order valence-electron chi connectivity index (χ1n) is 5.18. The Morgan fingerprint density at radius 1 is 1.62 bits per heavy atom. The molecule has 0 radical (unpaired) electrons. The van der Waals surface area contributed by atoms with E-state index in [1.54, 1.807) is 18.3 Å². The first kappa shape index (κ1) is 11.0. The van der Waals surface area contributed by atoms with Crippen LogP contribution in [0.15, 0.2) is 24.5 Å². The van der Waals surface area contributed by atoms with Crippen molar-refractivity contribution in [3.05, 3.63) is 30.1 Å². The summed E-state index contributed by atoms with van der Waals surface area (Å²) in [5.74, 6) is 0.246. The lowest BCUT2D eigenvalue weighted by molar-refractivity contribution is 0.0943. The van der Waals surface area contributed by atoms with Crippen molar-refractivity contribution in [2.24, 2.45) is 11.7 Å². The van der Waals surface area contributed by atoms with E-state index in [1.807, 2.05) is 0 Å². The molecular weight excluding hydrogens is 222 g/mol. The van der Waals surface area contributed by atoms with Crippen LogP contribution in [0, 0.1) is 5.92 Å². The van der Waals surface area contributed by atoms with E-state index in [-0.39, 0.29) is 11.9 Å². The van der Waals surface area contributed by atoms with Crippen LogP contribution in [-0.4, -0.2) is 21.9 Å². The SMILES string of the molecule is NC(=S)C(NC(=O)c1cccnc1)C1CC1. The molecule has 0 bridgehead atoms. The summed E-state index contributed by atoms with van der Waals surface area (Å²) in [4.78, 5) is 16.1. The molecule has 1 aliphatic rings. The molecule has 3 N–H and O–H groups in total. The molecule has 1 aliphatic carbocycles. The van der Waals surface area contributed by atoms with Gasteiger partial charge >= 0.3 is 0 Å². The van der Waals surface area contributed by atoms with Gasteiger partial charge in [0.25, 0.3) is 5.91 Å². The first-order chi connectivity index (χ1) is 7.68. The molecule has 0 saturated heterocycles. The highest BCUT2D eigenvalue weighted by molar-refractivity contribution is 7.80. The molecule has 1 unspecified atom stereocenters. The van der Waals surface area contributed by atoms with Crippen molar-refractivity contribution in [1.82, 2.24) is 10.3 Å². The summed E-state index contributed by atoms with van der Waals surface area (Å²) in [5, 5.41) is 2.85. The van der Waals surface area contributed by atoms with Gasteiger partial charge < -0.3 is 11.1 Å². The van der Waals surface area contributed by atoms with Crippen molar-refractivity contribution in [2.75, 3.05) is 0 Å². The standard InChI is InChI=1S/C11H13N3OS/c12-10(16)9(7-3-4-7)14-11(15)8-2-1-5-13-6-8/h1-2,5-7,9H,3-4H2,(H2,12,16)(H,14,15). The fraction of sp³-hybridized carbons (Fsp3) is 0.364. The predicted octanol–water partition coefficient (Wildman–Crippen LogP) is 0.876. The lowest BCUT2D eigenvalue weighted by Gasteiger charge is -2.16. The van der Waals surface area contributed by atoms with Crippen LogP contribution in [0.4, 0.5) is 0 Å². The molecular formula is C11H13N3OS. The van der Waals surface area contributed by atoms with Crippen LogP contribution in [0.1, 0.15) is 23.2 Å². The third kappa shape index (κ3) is 2.55. The number of carbonyl (C=O) groups is 1. The van der Waals surface area contributed by atoms with E-state index in [2.05, 4.69) is 10.3 Å². The molecule has 1 fully saturated rings. The third-order valence-electron chi connectivity index (χ3n) is 2.61. The van der Waals surface area contributed by atoms with Gasteiger partial charge in [-0.15, -0.1) is 0 Å². The van der Waals surface area contributed by atoms with Gasteiger partial charge in [-0.1, -0.05) is 12.2 Å². The van der Waals surface area contributed by atoms with Gasteiger partial charge in [0.05, 0.1) is 16.6 Å². The summed E-state index contributed by atoms with van der Waals surface area (Å²) < 4.78 is 0. The van der Waals surface area contributed by atoms with Crippen molar-refractivity contribution in [2.45, 2.75) is 18.9 Å². The number of hydrogen-bond acceptors (Lipinski definition) is 3. The summed E-state index contributed by atoms with van der Waals surface area (Å²) >= 11 is 4.95. The molecule has 1 heterocycles. The maximum absolute atomic E-state index is 11.8. The minimum absolute atomic E-state index is 0.169. The zero-order valence-electron chi connectivity index (χ0n) is 8.72. The first-order valence-corrected chi connectivity index (χ1v) is 5.59. The number of nitrogens with one attached hydrogen (secondary N) is 1. The lowest BCUT2D eigenvalue weighted by Crippen LogP contribution is -2.45. The van der Waals surface area contributed by atoms with Gasteiger partial charge in [-0.3, -0.25) is 9.78 Å². The number of hydrogen-bond donors (Lipinski definition) is 2. The minimum atomic E-state index is -0.178. The molecule has 0 aromatic carbocycles. The summed E-state index contributed by atoms with van der Waals surface area (Å²) in [5.41, 5.74) is 6.14. The monoisotopic (exact) mass is 235 g/mol. The number of nitrogens with zero attached hydrogens (tertiary/aromatic N) is 1. The van der Waals surface area contributed by atoms with E-state index in [4.69, 9.17) is 18.0 Å². The van der Waals surface area contributed by atoms with Crippen molar-refractivity contribution in [3.63, 3.8) is 0 Å². The third-order valence-corrected chi connectivity index (χ3v) is 2.86. The molecule has 84 valence electrons. The average Bonchev–Trinajstić information content (AvgIpc) is 3.10. The highest BCUT2D eigenvalue weighted by Gasteiger charge is 2.34. The van der Waals surface area contributed by atoms with Crippen molar-refractivity contribution < 1.29 is 4.79 Å². The fourth-order valence-electron chi connectivity index (χ4n) is 1.57. The van der Waals surface area contributed by atoms with Crippen molar-refractivity contribution >= 4 is 23.1 Å². The minimum Gasteiger partial charge on any atom is -0.392 e. The molecule has 1 amide bonds. The second-order valence-corrected chi connectivity index (χ2v) is 4.40. The molecule has 4 nitrogen and oxygen atoms in total. The number of rotatable bonds is 4. The van der Waals surface area contributed by atoms with Crippen LogP contribution in [-0.2, 0) is 0 Å². The number of pyridine rings is 1. The van der Waals surface area contributed by atoms with Crippen LogP contribution in [0.5, 0.6) is 0 Å². The number of carbonyl (C=O) groups excluding carboxylic acids is 1. The molecule has 0 aliphatic heterocycles. The van der Waals surface area contributed by atoms with Gasteiger partial charge in [0, 0.05) is 12.4 Å². The molecule has 16 heavy (non-hydrogen) atoms. The summed E-state index contributed by atoms with van der Waals surface area (Å²) in [6.45, 7) is 0. The van der Waals surface area contributed by atoms with E-state index in [0.29, 0.717) is 16.5 Å².